The minimum atomic E-state index is -4.78. The van der Waals surface area contributed by atoms with Gasteiger partial charge >= 0.3 is 6.18 Å². The third kappa shape index (κ3) is 3.67. The van der Waals surface area contributed by atoms with E-state index in [1.165, 1.54) is 11.6 Å². The molecule has 0 aliphatic carbocycles. The molecule has 2 aromatic carbocycles. The zero-order chi connectivity index (χ0) is 19.9. The standard InChI is InChI=1S/C22H23F4NO/c23-20-10-9-16(11-19(20)22(24,25)26)21(28)12-17-7-4-8-18(13-21)27(17)14-15-5-2-1-3-6-15/h1-3,5-6,9-11,17-18,28H,4,7-8,12-14H2. The van der Waals surface area contributed by atoms with Gasteiger partial charge in [0.05, 0.1) is 11.2 Å². The molecule has 0 saturated carbocycles. The second kappa shape index (κ2) is 7.16. The van der Waals surface area contributed by atoms with Crippen LogP contribution < -0.4 is 0 Å². The molecule has 2 aliphatic rings. The van der Waals surface area contributed by atoms with E-state index in [1.54, 1.807) is 0 Å². The molecule has 2 heterocycles. The lowest BCUT2D eigenvalue weighted by Crippen LogP contribution is -2.56. The number of hydrogen-bond donors (Lipinski definition) is 1. The third-order valence-corrected chi connectivity index (χ3v) is 6.18. The van der Waals surface area contributed by atoms with Crippen LogP contribution in [0, 0.1) is 5.82 Å². The Bertz CT molecular complexity index is 822. The fraction of sp³-hybridized carbons (Fsp3) is 0.455. The molecule has 2 aromatic rings. The lowest BCUT2D eigenvalue weighted by molar-refractivity contribution is -0.140. The van der Waals surface area contributed by atoms with Crippen LogP contribution in [0.4, 0.5) is 17.6 Å². The van der Waals surface area contributed by atoms with E-state index >= 15 is 0 Å². The zero-order valence-corrected chi connectivity index (χ0v) is 15.4. The second-order valence-electron chi connectivity index (χ2n) is 8.03. The Kier molecular flexibility index (Phi) is 4.96. The summed E-state index contributed by atoms with van der Waals surface area (Å²) in [5.41, 5.74) is -1.32. The van der Waals surface area contributed by atoms with E-state index in [0.29, 0.717) is 12.8 Å². The van der Waals surface area contributed by atoms with Crippen molar-refractivity contribution in [2.45, 2.75) is 62.5 Å². The highest BCUT2D eigenvalue weighted by Crippen LogP contribution is 2.46. The van der Waals surface area contributed by atoms with Gasteiger partial charge < -0.3 is 5.11 Å². The minimum absolute atomic E-state index is 0.0945. The monoisotopic (exact) mass is 393 g/mol. The van der Waals surface area contributed by atoms with Gasteiger partial charge in [-0.3, -0.25) is 4.90 Å². The number of nitrogens with zero attached hydrogens (tertiary/aromatic N) is 1. The largest absolute Gasteiger partial charge is 0.419 e. The van der Waals surface area contributed by atoms with Gasteiger partial charge in [-0.05, 0) is 48.9 Å². The smallest absolute Gasteiger partial charge is 0.385 e. The molecule has 2 fully saturated rings. The highest BCUT2D eigenvalue weighted by molar-refractivity contribution is 5.32. The van der Waals surface area contributed by atoms with Crippen LogP contribution in [-0.2, 0) is 18.3 Å². The molecule has 2 atom stereocenters. The van der Waals surface area contributed by atoms with Crippen molar-refractivity contribution in [1.29, 1.82) is 0 Å². The Hall–Kier alpha value is -1.92. The first-order valence-electron chi connectivity index (χ1n) is 9.65. The number of rotatable bonds is 3. The minimum Gasteiger partial charge on any atom is -0.385 e. The second-order valence-corrected chi connectivity index (χ2v) is 8.03. The molecule has 6 heteroatoms. The van der Waals surface area contributed by atoms with Crippen molar-refractivity contribution in [1.82, 2.24) is 4.90 Å². The molecule has 2 bridgehead atoms. The maximum absolute atomic E-state index is 13.7. The SMILES string of the molecule is OC1(c2ccc(F)c(C(F)(F)F)c2)CC2CCCC(C1)N2Cc1ccccc1. The van der Waals surface area contributed by atoms with Gasteiger partial charge in [-0.1, -0.05) is 42.8 Å². The summed E-state index contributed by atoms with van der Waals surface area (Å²) < 4.78 is 53.1. The molecule has 2 aliphatic heterocycles. The first-order chi connectivity index (χ1) is 13.3. The van der Waals surface area contributed by atoms with Gasteiger partial charge in [0.25, 0.3) is 0 Å². The average Bonchev–Trinajstić information content (AvgIpc) is 2.63. The van der Waals surface area contributed by atoms with Crippen molar-refractivity contribution < 1.29 is 22.7 Å². The van der Waals surface area contributed by atoms with Crippen LogP contribution >= 0.6 is 0 Å². The van der Waals surface area contributed by atoms with Gasteiger partial charge in [-0.2, -0.15) is 13.2 Å². The fourth-order valence-corrected chi connectivity index (χ4v) is 4.84. The molecule has 2 saturated heterocycles. The summed E-state index contributed by atoms with van der Waals surface area (Å²) in [6.45, 7) is 0.767. The maximum atomic E-state index is 13.7. The van der Waals surface area contributed by atoms with Crippen molar-refractivity contribution in [2.75, 3.05) is 0 Å². The van der Waals surface area contributed by atoms with Crippen LogP contribution in [-0.4, -0.2) is 22.1 Å². The van der Waals surface area contributed by atoms with Crippen LogP contribution in [0.15, 0.2) is 48.5 Å². The molecule has 2 unspecified atom stereocenters. The zero-order valence-electron chi connectivity index (χ0n) is 15.4. The Labute approximate surface area is 161 Å². The van der Waals surface area contributed by atoms with Crippen LogP contribution in [0.25, 0.3) is 0 Å². The van der Waals surface area contributed by atoms with E-state index in [4.69, 9.17) is 0 Å². The maximum Gasteiger partial charge on any atom is 0.419 e. The van der Waals surface area contributed by atoms with E-state index in [2.05, 4.69) is 17.0 Å². The van der Waals surface area contributed by atoms with E-state index < -0.39 is 23.2 Å². The predicted molar refractivity (Wildman–Crippen MR) is 97.9 cm³/mol. The third-order valence-electron chi connectivity index (χ3n) is 6.18. The fourth-order valence-electron chi connectivity index (χ4n) is 4.84. The van der Waals surface area contributed by atoms with E-state index in [0.717, 1.165) is 37.9 Å². The van der Waals surface area contributed by atoms with Crippen LogP contribution in [0.2, 0.25) is 0 Å². The summed E-state index contributed by atoms with van der Waals surface area (Å²) in [5.74, 6) is -1.30. The van der Waals surface area contributed by atoms with Gasteiger partial charge in [0, 0.05) is 18.6 Å². The Morgan fingerprint density at radius 2 is 1.64 bits per heavy atom. The molecule has 28 heavy (non-hydrogen) atoms. The van der Waals surface area contributed by atoms with Crippen molar-refractivity contribution in [3.8, 4) is 0 Å². The van der Waals surface area contributed by atoms with E-state index in [-0.39, 0.29) is 17.6 Å². The molecule has 0 spiro atoms. The van der Waals surface area contributed by atoms with Crippen LogP contribution in [0.5, 0.6) is 0 Å². The number of alkyl halides is 3. The lowest BCUT2D eigenvalue weighted by Gasteiger charge is -2.52. The van der Waals surface area contributed by atoms with Crippen LogP contribution in [0.3, 0.4) is 0 Å². The topological polar surface area (TPSA) is 23.5 Å². The quantitative estimate of drug-likeness (QED) is 0.720. The lowest BCUT2D eigenvalue weighted by atomic mass is 9.72. The molecule has 1 N–H and O–H groups in total. The highest BCUT2D eigenvalue weighted by Gasteiger charge is 2.47. The molecule has 150 valence electrons. The Balaban J connectivity index is 1.61. The number of halogens is 4. The van der Waals surface area contributed by atoms with E-state index in [1.807, 2.05) is 18.2 Å². The number of fused-ring (bicyclic) bond motifs is 2. The van der Waals surface area contributed by atoms with Gasteiger partial charge in [-0.15, -0.1) is 0 Å². The summed E-state index contributed by atoms with van der Waals surface area (Å²) in [7, 11) is 0. The number of piperidine rings is 2. The first kappa shape index (κ1) is 19.4. The van der Waals surface area contributed by atoms with Crippen molar-refractivity contribution in [3.05, 3.63) is 71.0 Å². The molecule has 2 nitrogen and oxygen atoms in total. The van der Waals surface area contributed by atoms with Crippen molar-refractivity contribution >= 4 is 0 Å². The highest BCUT2D eigenvalue weighted by atomic mass is 19.4. The molecule has 0 amide bonds. The number of benzene rings is 2. The summed E-state index contributed by atoms with van der Waals surface area (Å²) >= 11 is 0. The van der Waals surface area contributed by atoms with Gasteiger partial charge in [0.15, 0.2) is 0 Å². The molecular weight excluding hydrogens is 370 g/mol. The van der Waals surface area contributed by atoms with Crippen LogP contribution in [0.1, 0.15) is 48.8 Å². The van der Waals surface area contributed by atoms with Crippen molar-refractivity contribution in [3.63, 3.8) is 0 Å². The normalized spacial score (nSPS) is 28.3. The average molecular weight is 393 g/mol. The first-order valence-corrected chi connectivity index (χ1v) is 9.65. The van der Waals surface area contributed by atoms with Gasteiger partial charge in [0.2, 0.25) is 0 Å². The summed E-state index contributed by atoms with van der Waals surface area (Å²) in [5, 5.41) is 11.3. The number of hydrogen-bond acceptors (Lipinski definition) is 2. The summed E-state index contributed by atoms with van der Waals surface area (Å²) in [6.07, 6.45) is -1.20. The summed E-state index contributed by atoms with van der Waals surface area (Å²) in [6, 6.07) is 13.2. The van der Waals surface area contributed by atoms with Gasteiger partial charge in [-0.25, -0.2) is 4.39 Å². The molecule has 0 radical (unpaired) electrons. The van der Waals surface area contributed by atoms with E-state index in [9.17, 15) is 22.7 Å². The summed E-state index contributed by atoms with van der Waals surface area (Å²) in [4.78, 5) is 2.38. The predicted octanol–water partition coefficient (Wildman–Crippen LogP) is 5.25. The Morgan fingerprint density at radius 1 is 1.00 bits per heavy atom. The Morgan fingerprint density at radius 3 is 2.25 bits per heavy atom. The van der Waals surface area contributed by atoms with Gasteiger partial charge in [0.1, 0.15) is 5.82 Å². The molecule has 0 aromatic heterocycles. The molecule has 4 rings (SSSR count). The van der Waals surface area contributed by atoms with Crippen molar-refractivity contribution in [2.24, 2.45) is 0 Å². The number of aliphatic hydroxyl groups is 1. The molecular formula is C22H23F4NO.